The van der Waals surface area contributed by atoms with Crippen molar-refractivity contribution in [3.05, 3.63) is 53.1 Å². The average Bonchev–Trinajstić information content (AvgIpc) is 3.03. The number of allylic oxidation sites excluding steroid dienone is 3. The van der Waals surface area contributed by atoms with Crippen molar-refractivity contribution >= 4 is 22.4 Å². The zero-order chi connectivity index (χ0) is 42.0. The van der Waals surface area contributed by atoms with Crippen molar-refractivity contribution < 1.29 is 27.9 Å². The molecule has 54 heavy (non-hydrogen) atoms. The molecular weight excluding hydrogens is 705 g/mol. The van der Waals surface area contributed by atoms with Crippen molar-refractivity contribution in [3.8, 4) is 5.75 Å². The van der Waals surface area contributed by atoms with Gasteiger partial charge in [-0.1, -0.05) is 113 Å². The van der Waals surface area contributed by atoms with Gasteiger partial charge in [0.25, 0.3) is 0 Å². The van der Waals surface area contributed by atoms with Gasteiger partial charge in [0.15, 0.2) is 16.6 Å². The van der Waals surface area contributed by atoms with E-state index in [9.17, 15) is 4.79 Å². The van der Waals surface area contributed by atoms with Crippen LogP contribution < -0.4 is 4.74 Å². The summed E-state index contributed by atoms with van der Waals surface area (Å²) in [5, 5.41) is 0.109. The molecule has 0 amide bonds. The Morgan fingerprint density at radius 1 is 0.778 bits per heavy atom. The second-order valence-corrected chi connectivity index (χ2v) is 29.6. The maximum absolute atomic E-state index is 14.7. The minimum absolute atomic E-state index is 0.0343. The zero-order valence-corrected chi connectivity index (χ0v) is 40.8. The van der Waals surface area contributed by atoms with Crippen LogP contribution in [-0.2, 0) is 29.7 Å². The molecule has 0 saturated carbocycles. The molecule has 312 valence electrons. The van der Waals surface area contributed by atoms with Crippen LogP contribution in [0.15, 0.2) is 47.6 Å². The van der Waals surface area contributed by atoms with E-state index in [-0.39, 0.29) is 51.9 Å². The number of hydrogen-bond acceptors (Lipinski definition) is 6. The number of carbonyl (C=O) groups excluding carboxylic acids is 1. The molecule has 1 aromatic rings. The molecule has 0 heterocycles. The quantitative estimate of drug-likeness (QED) is 0.0662. The summed E-state index contributed by atoms with van der Waals surface area (Å²) in [4.78, 5) is 14.7. The number of methoxy groups -OCH3 is 2. The highest BCUT2D eigenvalue weighted by molar-refractivity contribution is 6.74. The molecule has 1 aromatic carbocycles. The first kappa shape index (κ1) is 50.5. The maximum Gasteiger partial charge on any atom is 0.192 e. The molecule has 0 N–H and O–H groups in total. The van der Waals surface area contributed by atoms with Crippen molar-refractivity contribution in [2.24, 2.45) is 29.1 Å². The van der Waals surface area contributed by atoms with Crippen LogP contribution in [0.3, 0.4) is 0 Å². The Hall–Kier alpha value is -1.56. The molecule has 0 unspecified atom stereocenters. The van der Waals surface area contributed by atoms with Crippen molar-refractivity contribution in [1.29, 1.82) is 0 Å². The minimum atomic E-state index is -2.16. The molecule has 0 aromatic heterocycles. The summed E-state index contributed by atoms with van der Waals surface area (Å²) < 4.78 is 32.2. The molecule has 0 fully saturated rings. The number of hydrogen-bond donors (Lipinski definition) is 0. The standard InChI is InChI=1S/C46H84O6Si2/c1-32(2)28-33(3)29-34(4)41(52-54(20,21)45(11,12)13)35(5)30-36(6)42(47)46(14,15)43(49-17)37(7)40(51-53(18,19)44(8,9)10)26-27-50-31-38-22-24-39(48-16)25-23-38/h22-25,28-29,33,35-37,40-41,43H,26-27,30-31H2,1-21H3/b34-29+/t33-,35-,36+,37+,40-,41+,43-/m0/s1. The number of carbonyl (C=O) groups is 1. The van der Waals surface area contributed by atoms with Gasteiger partial charge in [0, 0.05) is 25.6 Å². The number of ketones is 1. The monoisotopic (exact) mass is 789 g/mol. The van der Waals surface area contributed by atoms with Gasteiger partial charge in [-0.2, -0.15) is 0 Å². The summed E-state index contributed by atoms with van der Waals surface area (Å²) in [6, 6.07) is 7.99. The van der Waals surface area contributed by atoms with Gasteiger partial charge in [-0.15, -0.1) is 0 Å². The van der Waals surface area contributed by atoms with Crippen LogP contribution in [0.4, 0.5) is 0 Å². The van der Waals surface area contributed by atoms with Crippen LogP contribution in [0.1, 0.15) is 122 Å². The van der Waals surface area contributed by atoms with Gasteiger partial charge in [-0.05, 0) is 105 Å². The number of ether oxygens (including phenoxy) is 3. The lowest BCUT2D eigenvalue weighted by Gasteiger charge is -2.45. The average molecular weight is 789 g/mol. The Bertz CT molecular complexity index is 1340. The Morgan fingerprint density at radius 2 is 1.30 bits per heavy atom. The predicted octanol–water partition coefficient (Wildman–Crippen LogP) is 12.8. The van der Waals surface area contributed by atoms with E-state index < -0.39 is 22.0 Å². The largest absolute Gasteiger partial charge is 0.497 e. The summed E-state index contributed by atoms with van der Waals surface area (Å²) in [5.41, 5.74) is 2.91. The van der Waals surface area contributed by atoms with E-state index in [0.29, 0.717) is 25.6 Å². The summed E-state index contributed by atoms with van der Waals surface area (Å²) in [6.45, 7) is 43.5. The third-order valence-electron chi connectivity index (χ3n) is 12.4. The molecule has 0 aliphatic heterocycles. The SMILES string of the molecule is COc1ccc(COCC[C@H](O[Si](C)(C)C(C)(C)C)[C@@H](C)[C@H](OC)C(C)(C)C(=O)[C@H](C)C[C@H](C)[C@H](O[Si](C)(C)C(C)(C)C)/C(C)=C/[C@@H](C)C=C(C)C)cc1. The first-order valence-electron chi connectivity index (χ1n) is 20.5. The van der Waals surface area contributed by atoms with E-state index in [1.807, 2.05) is 24.3 Å². The van der Waals surface area contributed by atoms with E-state index >= 15 is 0 Å². The van der Waals surface area contributed by atoms with Crippen LogP contribution in [0, 0.1) is 29.1 Å². The van der Waals surface area contributed by atoms with Crippen molar-refractivity contribution in [2.45, 2.75) is 178 Å². The highest BCUT2D eigenvalue weighted by Gasteiger charge is 2.47. The summed E-state index contributed by atoms with van der Waals surface area (Å²) in [5.74, 6) is 1.29. The smallest absolute Gasteiger partial charge is 0.192 e. The first-order valence-corrected chi connectivity index (χ1v) is 26.3. The molecule has 0 bridgehead atoms. The first-order chi connectivity index (χ1) is 24.5. The van der Waals surface area contributed by atoms with Gasteiger partial charge >= 0.3 is 0 Å². The van der Waals surface area contributed by atoms with E-state index in [2.05, 4.69) is 142 Å². The van der Waals surface area contributed by atoms with Gasteiger partial charge in [0.05, 0.1) is 37.4 Å². The topological polar surface area (TPSA) is 63.2 Å². The lowest BCUT2D eigenvalue weighted by atomic mass is 9.70. The number of Topliss-reactive ketones (excluding diaryl/α,β-unsaturated/α-hetero) is 1. The zero-order valence-electron chi connectivity index (χ0n) is 38.8. The third kappa shape index (κ3) is 14.7. The summed E-state index contributed by atoms with van der Waals surface area (Å²) in [6.07, 6.45) is 5.56. The maximum atomic E-state index is 14.7. The summed E-state index contributed by atoms with van der Waals surface area (Å²) in [7, 11) is -0.840. The van der Waals surface area contributed by atoms with E-state index in [1.54, 1.807) is 14.2 Å². The van der Waals surface area contributed by atoms with Crippen LogP contribution in [-0.4, -0.2) is 61.6 Å². The Labute approximate surface area is 335 Å². The molecule has 0 radical (unpaired) electrons. The molecule has 1 rings (SSSR count). The fraction of sp³-hybridized carbons (Fsp3) is 0.761. The third-order valence-corrected chi connectivity index (χ3v) is 21.3. The molecule has 0 saturated heterocycles. The molecular formula is C46H84O6Si2. The van der Waals surface area contributed by atoms with Crippen LogP contribution >= 0.6 is 0 Å². The van der Waals surface area contributed by atoms with Gasteiger partial charge < -0.3 is 23.1 Å². The fourth-order valence-corrected chi connectivity index (χ4v) is 10.1. The molecule has 0 aliphatic rings. The van der Waals surface area contributed by atoms with Crippen LogP contribution in [0.5, 0.6) is 5.75 Å². The van der Waals surface area contributed by atoms with Gasteiger partial charge in [-0.25, -0.2) is 0 Å². The van der Waals surface area contributed by atoms with Gasteiger partial charge in [0.1, 0.15) is 11.5 Å². The predicted molar refractivity (Wildman–Crippen MR) is 235 cm³/mol. The van der Waals surface area contributed by atoms with E-state index in [0.717, 1.165) is 17.7 Å². The Morgan fingerprint density at radius 3 is 1.76 bits per heavy atom. The van der Waals surface area contributed by atoms with Crippen molar-refractivity contribution in [2.75, 3.05) is 20.8 Å². The number of benzene rings is 1. The number of rotatable bonds is 22. The molecule has 0 spiro atoms. The Kier molecular flexibility index (Phi) is 19.4. The molecule has 0 aliphatic carbocycles. The van der Waals surface area contributed by atoms with Crippen molar-refractivity contribution in [3.63, 3.8) is 0 Å². The lowest BCUT2D eigenvalue weighted by molar-refractivity contribution is -0.145. The van der Waals surface area contributed by atoms with E-state index in [1.165, 1.54) is 11.1 Å². The van der Waals surface area contributed by atoms with E-state index in [4.69, 9.17) is 23.1 Å². The Balaban J connectivity index is 3.36. The second kappa shape index (κ2) is 20.7. The minimum Gasteiger partial charge on any atom is -0.497 e. The van der Waals surface area contributed by atoms with Crippen LogP contribution in [0.25, 0.3) is 0 Å². The van der Waals surface area contributed by atoms with Gasteiger partial charge in [0.2, 0.25) is 0 Å². The molecule has 8 heteroatoms. The fourth-order valence-electron chi connectivity index (χ4n) is 7.26. The molecule has 7 atom stereocenters. The van der Waals surface area contributed by atoms with Crippen LogP contribution in [0.2, 0.25) is 36.3 Å². The highest BCUT2D eigenvalue weighted by atomic mass is 28.4. The normalized spacial score (nSPS) is 17.6. The summed E-state index contributed by atoms with van der Waals surface area (Å²) >= 11 is 0. The van der Waals surface area contributed by atoms with Gasteiger partial charge in [-0.3, -0.25) is 4.79 Å². The van der Waals surface area contributed by atoms with Crippen molar-refractivity contribution in [1.82, 2.24) is 0 Å². The second-order valence-electron chi connectivity index (χ2n) is 20.1. The lowest BCUT2D eigenvalue weighted by Crippen LogP contribution is -2.52. The molecule has 6 nitrogen and oxygen atoms in total. The highest BCUT2D eigenvalue weighted by Crippen LogP contribution is 2.43.